The van der Waals surface area contributed by atoms with Crippen LogP contribution in [0.1, 0.15) is 51.4 Å². The Kier molecular flexibility index (Phi) is 7.36. The summed E-state index contributed by atoms with van der Waals surface area (Å²) in [6.45, 7) is 8.62. The van der Waals surface area contributed by atoms with Gasteiger partial charge in [0.05, 0.1) is 12.6 Å². The molecule has 5 heteroatoms. The number of carbonyl (C=O) groups excluding carboxylic acids is 1. The highest BCUT2D eigenvalue weighted by atomic mass is 16.5. The molecule has 1 atom stereocenters. The van der Waals surface area contributed by atoms with Crippen LogP contribution in [0.3, 0.4) is 0 Å². The average Bonchev–Trinajstić information content (AvgIpc) is 2.99. The fraction of sp³-hybridized carbons (Fsp3) is 0.947. The van der Waals surface area contributed by atoms with Gasteiger partial charge in [-0.3, -0.25) is 9.69 Å². The fourth-order valence-electron chi connectivity index (χ4n) is 4.25. The number of carbonyl (C=O) groups is 1. The quantitative estimate of drug-likeness (QED) is 0.786. The standard InChI is InChI=1S/C19H35N3O2/c23-19(17-21-11-4-1-2-5-12-21)22-13-8-14-24-18(16-22)15-20-9-6-3-7-10-20/h18H,1-17H2. The molecule has 0 spiro atoms. The summed E-state index contributed by atoms with van der Waals surface area (Å²) in [5, 5.41) is 0. The van der Waals surface area contributed by atoms with Crippen molar-refractivity contribution in [2.45, 2.75) is 57.5 Å². The zero-order valence-corrected chi connectivity index (χ0v) is 15.3. The van der Waals surface area contributed by atoms with E-state index in [4.69, 9.17) is 4.74 Å². The Morgan fingerprint density at radius 2 is 1.42 bits per heavy atom. The molecule has 138 valence electrons. The topological polar surface area (TPSA) is 36.0 Å². The number of piperidine rings is 1. The van der Waals surface area contributed by atoms with Crippen LogP contribution in [-0.4, -0.2) is 85.7 Å². The average molecular weight is 338 g/mol. The van der Waals surface area contributed by atoms with Crippen LogP contribution >= 0.6 is 0 Å². The van der Waals surface area contributed by atoms with E-state index in [-0.39, 0.29) is 6.10 Å². The molecule has 0 aromatic carbocycles. The van der Waals surface area contributed by atoms with Crippen LogP contribution in [0.25, 0.3) is 0 Å². The number of likely N-dealkylation sites (tertiary alicyclic amines) is 2. The Hall–Kier alpha value is -0.650. The molecule has 0 aliphatic carbocycles. The van der Waals surface area contributed by atoms with E-state index in [0.717, 1.165) is 45.8 Å². The normalized spacial score (nSPS) is 28.3. The molecule has 0 bridgehead atoms. The van der Waals surface area contributed by atoms with Crippen molar-refractivity contribution in [3.63, 3.8) is 0 Å². The van der Waals surface area contributed by atoms with Crippen molar-refractivity contribution in [3.05, 3.63) is 0 Å². The minimum absolute atomic E-state index is 0.193. The van der Waals surface area contributed by atoms with Crippen LogP contribution in [0.15, 0.2) is 0 Å². The van der Waals surface area contributed by atoms with Crippen LogP contribution in [0.2, 0.25) is 0 Å². The van der Waals surface area contributed by atoms with Gasteiger partial charge < -0.3 is 14.5 Å². The minimum atomic E-state index is 0.193. The molecule has 0 N–H and O–H groups in total. The molecule has 5 nitrogen and oxygen atoms in total. The van der Waals surface area contributed by atoms with E-state index in [9.17, 15) is 4.79 Å². The van der Waals surface area contributed by atoms with Crippen LogP contribution in [0, 0.1) is 0 Å². The van der Waals surface area contributed by atoms with E-state index >= 15 is 0 Å². The summed E-state index contributed by atoms with van der Waals surface area (Å²) >= 11 is 0. The summed E-state index contributed by atoms with van der Waals surface area (Å²) in [4.78, 5) is 19.7. The Labute approximate surface area is 147 Å². The third kappa shape index (κ3) is 5.71. The first-order valence-electron chi connectivity index (χ1n) is 10.2. The molecule has 3 aliphatic rings. The zero-order valence-electron chi connectivity index (χ0n) is 15.3. The monoisotopic (exact) mass is 337 g/mol. The third-order valence-corrected chi connectivity index (χ3v) is 5.67. The molecule has 24 heavy (non-hydrogen) atoms. The SMILES string of the molecule is O=C(CN1CCCCCC1)N1CCCOC(CN2CCCCC2)C1. The Bertz CT molecular complexity index is 377. The predicted molar refractivity (Wildman–Crippen MR) is 96.1 cm³/mol. The smallest absolute Gasteiger partial charge is 0.236 e. The number of amides is 1. The molecular weight excluding hydrogens is 302 g/mol. The first-order valence-corrected chi connectivity index (χ1v) is 10.2. The molecule has 0 saturated carbocycles. The van der Waals surface area contributed by atoms with Crippen LogP contribution in [0.4, 0.5) is 0 Å². The van der Waals surface area contributed by atoms with Gasteiger partial charge in [-0.15, -0.1) is 0 Å². The highest BCUT2D eigenvalue weighted by Crippen LogP contribution is 2.14. The highest BCUT2D eigenvalue weighted by molar-refractivity contribution is 5.78. The maximum absolute atomic E-state index is 12.8. The fourth-order valence-corrected chi connectivity index (χ4v) is 4.25. The molecule has 3 aliphatic heterocycles. The molecule has 1 unspecified atom stereocenters. The maximum Gasteiger partial charge on any atom is 0.236 e. The number of rotatable bonds is 4. The second-order valence-corrected chi connectivity index (χ2v) is 7.74. The second kappa shape index (κ2) is 9.73. The molecule has 3 saturated heterocycles. The summed E-state index contributed by atoms with van der Waals surface area (Å²) in [6.07, 6.45) is 10.3. The summed E-state index contributed by atoms with van der Waals surface area (Å²) in [6, 6.07) is 0. The van der Waals surface area contributed by atoms with E-state index in [1.165, 1.54) is 58.0 Å². The molecule has 3 fully saturated rings. The first-order chi connectivity index (χ1) is 11.8. The lowest BCUT2D eigenvalue weighted by molar-refractivity contribution is -0.133. The van der Waals surface area contributed by atoms with Gasteiger partial charge in [0.1, 0.15) is 0 Å². The van der Waals surface area contributed by atoms with Gasteiger partial charge in [-0.1, -0.05) is 19.3 Å². The summed E-state index contributed by atoms with van der Waals surface area (Å²) in [5.74, 6) is 0.311. The van der Waals surface area contributed by atoms with E-state index in [1.54, 1.807) is 0 Å². The van der Waals surface area contributed by atoms with Crippen molar-refractivity contribution in [2.75, 3.05) is 59.0 Å². The lowest BCUT2D eigenvalue weighted by Gasteiger charge is -2.32. The van der Waals surface area contributed by atoms with E-state index in [2.05, 4.69) is 14.7 Å². The Balaban J connectivity index is 1.48. The number of hydrogen-bond donors (Lipinski definition) is 0. The van der Waals surface area contributed by atoms with E-state index in [1.807, 2.05) is 0 Å². The van der Waals surface area contributed by atoms with Gasteiger partial charge >= 0.3 is 0 Å². The maximum atomic E-state index is 12.8. The van der Waals surface area contributed by atoms with Gasteiger partial charge in [0.15, 0.2) is 0 Å². The Morgan fingerprint density at radius 1 is 0.792 bits per heavy atom. The molecule has 3 heterocycles. The first kappa shape index (κ1) is 18.2. The van der Waals surface area contributed by atoms with Gasteiger partial charge in [0, 0.05) is 26.2 Å². The molecule has 3 rings (SSSR count). The summed E-state index contributed by atoms with van der Waals surface area (Å²) in [7, 11) is 0. The van der Waals surface area contributed by atoms with Crippen molar-refractivity contribution in [1.29, 1.82) is 0 Å². The van der Waals surface area contributed by atoms with Crippen molar-refractivity contribution < 1.29 is 9.53 Å². The van der Waals surface area contributed by atoms with Gasteiger partial charge in [-0.2, -0.15) is 0 Å². The molecule has 0 aromatic heterocycles. The zero-order chi connectivity index (χ0) is 16.6. The highest BCUT2D eigenvalue weighted by Gasteiger charge is 2.26. The minimum Gasteiger partial charge on any atom is -0.375 e. The van der Waals surface area contributed by atoms with Gasteiger partial charge in [-0.25, -0.2) is 0 Å². The summed E-state index contributed by atoms with van der Waals surface area (Å²) < 4.78 is 6.05. The van der Waals surface area contributed by atoms with Crippen molar-refractivity contribution in [1.82, 2.24) is 14.7 Å². The summed E-state index contributed by atoms with van der Waals surface area (Å²) in [5.41, 5.74) is 0. The van der Waals surface area contributed by atoms with Crippen molar-refractivity contribution >= 4 is 5.91 Å². The number of hydrogen-bond acceptors (Lipinski definition) is 4. The second-order valence-electron chi connectivity index (χ2n) is 7.74. The number of ether oxygens (including phenoxy) is 1. The van der Waals surface area contributed by atoms with Gasteiger partial charge in [0.2, 0.25) is 5.91 Å². The Morgan fingerprint density at radius 3 is 2.12 bits per heavy atom. The molecule has 0 radical (unpaired) electrons. The predicted octanol–water partition coefficient (Wildman–Crippen LogP) is 1.97. The largest absolute Gasteiger partial charge is 0.375 e. The lowest BCUT2D eigenvalue weighted by atomic mass is 10.1. The van der Waals surface area contributed by atoms with Crippen LogP contribution in [0.5, 0.6) is 0 Å². The van der Waals surface area contributed by atoms with Crippen LogP contribution in [-0.2, 0) is 9.53 Å². The van der Waals surface area contributed by atoms with E-state index < -0.39 is 0 Å². The molecule has 0 aromatic rings. The molecular formula is C19H35N3O2. The van der Waals surface area contributed by atoms with Crippen molar-refractivity contribution in [3.8, 4) is 0 Å². The van der Waals surface area contributed by atoms with E-state index in [0.29, 0.717) is 12.5 Å². The van der Waals surface area contributed by atoms with Crippen molar-refractivity contribution in [2.24, 2.45) is 0 Å². The number of nitrogens with zero attached hydrogens (tertiary/aromatic N) is 3. The third-order valence-electron chi connectivity index (χ3n) is 5.67. The molecule has 1 amide bonds. The van der Waals surface area contributed by atoms with Gasteiger partial charge in [0.25, 0.3) is 0 Å². The van der Waals surface area contributed by atoms with Gasteiger partial charge in [-0.05, 0) is 58.3 Å². The van der Waals surface area contributed by atoms with Crippen LogP contribution < -0.4 is 0 Å². The lowest BCUT2D eigenvalue weighted by Crippen LogP contribution is -2.46.